The zero-order valence-corrected chi connectivity index (χ0v) is 16.1. The van der Waals surface area contributed by atoms with Gasteiger partial charge in [0.1, 0.15) is 0 Å². The monoisotopic (exact) mass is 364 g/mol. The summed E-state index contributed by atoms with van der Waals surface area (Å²) in [6.07, 6.45) is 6.60. The van der Waals surface area contributed by atoms with Gasteiger partial charge in [-0.1, -0.05) is 18.2 Å². The molecular formula is C22H28N4O. The molecular weight excluding hydrogens is 336 g/mol. The Kier molecular flexibility index (Phi) is 4.08. The van der Waals surface area contributed by atoms with Crippen molar-refractivity contribution >= 4 is 5.91 Å². The van der Waals surface area contributed by atoms with Crippen molar-refractivity contribution in [2.24, 2.45) is 5.41 Å². The average Bonchev–Trinajstić information content (AvgIpc) is 3.40. The molecule has 5 heteroatoms. The fourth-order valence-corrected chi connectivity index (χ4v) is 5.17. The molecule has 2 aromatic rings. The Morgan fingerprint density at radius 2 is 1.96 bits per heavy atom. The lowest BCUT2D eigenvalue weighted by molar-refractivity contribution is 0.0600. The number of hydrogen-bond acceptors (Lipinski definition) is 3. The van der Waals surface area contributed by atoms with Crippen LogP contribution in [0.2, 0.25) is 0 Å². The van der Waals surface area contributed by atoms with Crippen LogP contribution in [0, 0.1) is 12.3 Å². The van der Waals surface area contributed by atoms with Crippen molar-refractivity contribution < 1.29 is 4.79 Å². The Bertz CT molecular complexity index is 868. The van der Waals surface area contributed by atoms with Gasteiger partial charge < -0.3 is 10.2 Å². The van der Waals surface area contributed by atoms with Crippen molar-refractivity contribution in [2.45, 2.75) is 45.4 Å². The van der Waals surface area contributed by atoms with Gasteiger partial charge in [0.25, 0.3) is 5.91 Å². The van der Waals surface area contributed by atoms with Crippen molar-refractivity contribution in [3.63, 3.8) is 0 Å². The van der Waals surface area contributed by atoms with Gasteiger partial charge in [0.15, 0.2) is 5.69 Å². The maximum Gasteiger partial charge on any atom is 0.274 e. The summed E-state index contributed by atoms with van der Waals surface area (Å²) in [6.45, 7) is 6.09. The molecule has 2 aliphatic heterocycles. The lowest BCUT2D eigenvalue weighted by Gasteiger charge is -2.38. The van der Waals surface area contributed by atoms with Crippen LogP contribution in [0.4, 0.5) is 0 Å². The van der Waals surface area contributed by atoms with Crippen LogP contribution in [0.3, 0.4) is 0 Å². The van der Waals surface area contributed by atoms with E-state index in [1.165, 1.54) is 23.2 Å². The Morgan fingerprint density at radius 3 is 2.70 bits per heavy atom. The van der Waals surface area contributed by atoms with Crippen molar-refractivity contribution in [3.05, 3.63) is 46.8 Å². The van der Waals surface area contributed by atoms with E-state index in [2.05, 4.69) is 30.4 Å². The average molecular weight is 364 g/mol. The minimum absolute atomic E-state index is 0.140. The highest BCUT2D eigenvalue weighted by Gasteiger charge is 2.39. The number of amides is 1. The van der Waals surface area contributed by atoms with Gasteiger partial charge >= 0.3 is 0 Å². The third-order valence-electron chi connectivity index (χ3n) is 6.92. The lowest BCUT2D eigenvalue weighted by atomic mass is 9.78. The molecule has 0 radical (unpaired) electrons. The highest BCUT2D eigenvalue weighted by molar-refractivity contribution is 5.94. The standard InChI is InChI=1S/C22H28N4O/c1-16-5-2-3-7-18(16)26-19-8-4-6-17(19)20(24-26)21(27)25-13-10-22(11-14-25)9-12-23-15-22/h2-3,5,7,23H,4,6,8-15H2,1H3. The van der Waals surface area contributed by atoms with E-state index >= 15 is 0 Å². The van der Waals surface area contributed by atoms with Gasteiger partial charge in [-0.05, 0) is 69.0 Å². The Balaban J connectivity index is 1.43. The maximum atomic E-state index is 13.3. The molecule has 142 valence electrons. The van der Waals surface area contributed by atoms with Gasteiger partial charge in [0.05, 0.1) is 5.69 Å². The predicted octanol–water partition coefficient (Wildman–Crippen LogP) is 2.89. The first kappa shape index (κ1) is 17.0. The van der Waals surface area contributed by atoms with Crippen LogP contribution in [-0.2, 0) is 12.8 Å². The number of carbonyl (C=O) groups excluding carboxylic acids is 1. The molecule has 5 rings (SSSR count). The largest absolute Gasteiger partial charge is 0.337 e. The number of carbonyl (C=O) groups is 1. The van der Waals surface area contributed by atoms with E-state index < -0.39 is 0 Å². The number of nitrogens with one attached hydrogen (secondary N) is 1. The van der Waals surface area contributed by atoms with E-state index in [4.69, 9.17) is 5.10 Å². The van der Waals surface area contributed by atoms with Gasteiger partial charge in [0.2, 0.25) is 0 Å². The molecule has 0 bridgehead atoms. The number of para-hydroxylation sites is 1. The predicted molar refractivity (Wildman–Crippen MR) is 105 cm³/mol. The fourth-order valence-electron chi connectivity index (χ4n) is 5.17. The van der Waals surface area contributed by atoms with Crippen molar-refractivity contribution in [1.29, 1.82) is 0 Å². The molecule has 2 saturated heterocycles. The van der Waals surface area contributed by atoms with Gasteiger partial charge in [0, 0.05) is 30.9 Å². The van der Waals surface area contributed by atoms with Crippen molar-refractivity contribution in [2.75, 3.05) is 26.2 Å². The van der Waals surface area contributed by atoms with E-state index in [1.807, 2.05) is 15.6 Å². The summed E-state index contributed by atoms with van der Waals surface area (Å²) in [7, 11) is 0. The quantitative estimate of drug-likeness (QED) is 0.891. The molecule has 3 heterocycles. The first-order chi connectivity index (χ1) is 13.2. The summed E-state index contributed by atoms with van der Waals surface area (Å²) in [6, 6.07) is 8.31. The second-order valence-electron chi connectivity index (χ2n) is 8.54. The van der Waals surface area contributed by atoms with Crippen LogP contribution in [0.5, 0.6) is 0 Å². The third kappa shape index (κ3) is 2.80. The Labute approximate surface area is 160 Å². The molecule has 0 saturated carbocycles. The lowest BCUT2D eigenvalue weighted by Crippen LogP contribution is -2.44. The minimum atomic E-state index is 0.140. The maximum absolute atomic E-state index is 13.3. The Hall–Kier alpha value is -2.14. The number of fused-ring (bicyclic) bond motifs is 1. The molecule has 0 atom stereocenters. The smallest absolute Gasteiger partial charge is 0.274 e. The molecule has 2 fully saturated rings. The number of aromatic nitrogens is 2. The van der Waals surface area contributed by atoms with Gasteiger partial charge in [-0.2, -0.15) is 5.10 Å². The second-order valence-corrected chi connectivity index (χ2v) is 8.54. The SMILES string of the molecule is Cc1ccccc1-n1nc(C(=O)N2CCC3(CCNC3)CC2)c2c1CCC2. The molecule has 1 N–H and O–H groups in total. The third-order valence-corrected chi connectivity index (χ3v) is 6.92. The summed E-state index contributed by atoms with van der Waals surface area (Å²) in [5.41, 5.74) is 5.85. The second kappa shape index (κ2) is 6.48. The summed E-state index contributed by atoms with van der Waals surface area (Å²) in [4.78, 5) is 15.4. The summed E-state index contributed by atoms with van der Waals surface area (Å²) < 4.78 is 2.04. The number of piperidine rings is 1. The zero-order chi connectivity index (χ0) is 18.4. The summed E-state index contributed by atoms with van der Waals surface area (Å²) in [5, 5.41) is 8.34. The van der Waals surface area contributed by atoms with Crippen LogP contribution in [0.25, 0.3) is 5.69 Å². The van der Waals surface area contributed by atoms with Crippen LogP contribution in [0.1, 0.15) is 53.0 Å². The van der Waals surface area contributed by atoms with Crippen molar-refractivity contribution in [1.82, 2.24) is 20.0 Å². The summed E-state index contributed by atoms with van der Waals surface area (Å²) in [5.74, 6) is 0.140. The highest BCUT2D eigenvalue weighted by Crippen LogP contribution is 2.38. The van der Waals surface area contributed by atoms with E-state index in [0.717, 1.165) is 64.0 Å². The van der Waals surface area contributed by atoms with Crippen LogP contribution in [0.15, 0.2) is 24.3 Å². The van der Waals surface area contributed by atoms with E-state index in [1.54, 1.807) is 0 Å². The number of rotatable bonds is 2. The van der Waals surface area contributed by atoms with Crippen LogP contribution < -0.4 is 5.32 Å². The number of nitrogens with zero attached hydrogens (tertiary/aromatic N) is 3. The molecule has 0 unspecified atom stereocenters. The summed E-state index contributed by atoms with van der Waals surface area (Å²) >= 11 is 0. The van der Waals surface area contributed by atoms with Crippen molar-refractivity contribution in [3.8, 4) is 5.69 Å². The molecule has 27 heavy (non-hydrogen) atoms. The molecule has 3 aliphatic rings. The first-order valence-corrected chi connectivity index (χ1v) is 10.3. The Morgan fingerprint density at radius 1 is 1.15 bits per heavy atom. The molecule has 1 amide bonds. The highest BCUT2D eigenvalue weighted by atomic mass is 16.2. The van der Waals surface area contributed by atoms with E-state index in [9.17, 15) is 4.79 Å². The first-order valence-electron chi connectivity index (χ1n) is 10.3. The van der Waals surface area contributed by atoms with E-state index in [-0.39, 0.29) is 5.91 Å². The van der Waals surface area contributed by atoms with Gasteiger partial charge in [-0.3, -0.25) is 4.79 Å². The fraction of sp³-hybridized carbons (Fsp3) is 0.545. The zero-order valence-electron chi connectivity index (χ0n) is 16.1. The van der Waals surface area contributed by atoms with E-state index in [0.29, 0.717) is 11.1 Å². The number of benzene rings is 1. The number of aryl methyl sites for hydroxylation is 1. The molecule has 1 aliphatic carbocycles. The van der Waals surface area contributed by atoms with Crippen LogP contribution >= 0.6 is 0 Å². The molecule has 1 aromatic carbocycles. The number of likely N-dealkylation sites (tertiary alicyclic amines) is 1. The van der Waals surface area contributed by atoms with Gasteiger partial charge in [-0.15, -0.1) is 0 Å². The topological polar surface area (TPSA) is 50.2 Å². The molecule has 5 nitrogen and oxygen atoms in total. The van der Waals surface area contributed by atoms with Gasteiger partial charge in [-0.25, -0.2) is 4.68 Å². The van der Waals surface area contributed by atoms with Crippen LogP contribution in [-0.4, -0.2) is 46.8 Å². The molecule has 1 aromatic heterocycles. The molecule has 1 spiro atoms. The minimum Gasteiger partial charge on any atom is -0.337 e. The normalized spacial score (nSPS) is 21.0. The number of hydrogen-bond donors (Lipinski definition) is 1.